The Morgan fingerprint density at radius 3 is 2.41 bits per heavy atom. The highest BCUT2D eigenvalue weighted by Gasteiger charge is 2.40. The molecule has 0 radical (unpaired) electrons. The molecule has 0 saturated carbocycles. The average molecular weight is 432 g/mol. The number of aromatic nitrogens is 2. The third-order valence-electron chi connectivity index (χ3n) is 6.16. The van der Waals surface area contributed by atoms with E-state index < -0.39 is 5.91 Å². The largest absolute Gasteiger partial charge is 0.366 e. The summed E-state index contributed by atoms with van der Waals surface area (Å²) in [5.41, 5.74) is 6.81. The van der Waals surface area contributed by atoms with Gasteiger partial charge in [0.25, 0.3) is 11.8 Å². The molecule has 0 spiro atoms. The second-order valence-corrected chi connectivity index (χ2v) is 8.14. The number of anilines is 2. The number of carbonyl (C=O) groups excluding carboxylic acids is 2. The van der Waals surface area contributed by atoms with Crippen LogP contribution in [0.1, 0.15) is 35.7 Å². The van der Waals surface area contributed by atoms with E-state index in [2.05, 4.69) is 32.4 Å². The molecule has 1 unspecified atom stereocenters. The Labute approximate surface area is 186 Å². The second kappa shape index (κ2) is 8.67. The third kappa shape index (κ3) is 3.99. The quantitative estimate of drug-likeness (QED) is 0.767. The van der Waals surface area contributed by atoms with Crippen LogP contribution in [0.5, 0.6) is 0 Å². The van der Waals surface area contributed by atoms with Gasteiger partial charge in [-0.05, 0) is 49.9 Å². The van der Waals surface area contributed by atoms with Crippen molar-refractivity contribution < 1.29 is 9.59 Å². The van der Waals surface area contributed by atoms with Crippen molar-refractivity contribution in [3.8, 4) is 6.07 Å². The number of hydrogen-bond donors (Lipinski definition) is 1. The molecule has 9 nitrogen and oxygen atoms in total. The zero-order chi connectivity index (χ0) is 22.8. The van der Waals surface area contributed by atoms with Crippen molar-refractivity contribution in [2.75, 3.05) is 29.4 Å². The SMILES string of the molecule is C=C1N(c2ccc(C#N)cc2)C(=O)C(C)N1CC1CCN(c2ncc(C(N)=O)cn2)CC1. The first kappa shape index (κ1) is 21.3. The van der Waals surface area contributed by atoms with Crippen LogP contribution in [0.4, 0.5) is 11.6 Å². The Morgan fingerprint density at radius 2 is 1.84 bits per heavy atom. The van der Waals surface area contributed by atoms with Crippen LogP contribution in [0, 0.1) is 17.2 Å². The van der Waals surface area contributed by atoms with Gasteiger partial charge in [0.2, 0.25) is 5.95 Å². The summed E-state index contributed by atoms with van der Waals surface area (Å²) >= 11 is 0. The van der Waals surface area contributed by atoms with E-state index in [1.54, 1.807) is 29.2 Å². The molecule has 9 heteroatoms. The molecule has 2 aromatic rings. The first-order chi connectivity index (χ1) is 15.4. The lowest BCUT2D eigenvalue weighted by atomic mass is 9.96. The van der Waals surface area contributed by atoms with Crippen LogP contribution in [0.2, 0.25) is 0 Å². The number of benzene rings is 1. The fraction of sp³-hybridized carbons (Fsp3) is 0.348. The molecule has 32 heavy (non-hydrogen) atoms. The van der Waals surface area contributed by atoms with Crippen LogP contribution in [0.15, 0.2) is 49.1 Å². The number of amides is 2. The van der Waals surface area contributed by atoms with Gasteiger partial charge in [0.1, 0.15) is 11.9 Å². The van der Waals surface area contributed by atoms with Gasteiger partial charge in [-0.2, -0.15) is 5.26 Å². The lowest BCUT2D eigenvalue weighted by Crippen LogP contribution is -2.40. The number of carbonyl (C=O) groups is 2. The fourth-order valence-corrected chi connectivity index (χ4v) is 4.23. The molecular formula is C23H25N7O2. The number of primary amides is 1. The van der Waals surface area contributed by atoms with Crippen LogP contribution in [0.25, 0.3) is 0 Å². The van der Waals surface area contributed by atoms with E-state index in [-0.39, 0.29) is 11.9 Å². The third-order valence-corrected chi connectivity index (χ3v) is 6.16. The topological polar surface area (TPSA) is 119 Å². The zero-order valence-corrected chi connectivity index (χ0v) is 17.9. The summed E-state index contributed by atoms with van der Waals surface area (Å²) in [6.07, 6.45) is 4.77. The minimum Gasteiger partial charge on any atom is -0.366 e. The second-order valence-electron chi connectivity index (χ2n) is 8.14. The van der Waals surface area contributed by atoms with Crippen LogP contribution < -0.4 is 15.5 Å². The number of hydrogen-bond acceptors (Lipinski definition) is 7. The lowest BCUT2D eigenvalue weighted by Gasteiger charge is -2.35. The minimum atomic E-state index is -0.542. The molecule has 2 N–H and O–H groups in total. The first-order valence-electron chi connectivity index (χ1n) is 10.6. The molecule has 1 aromatic carbocycles. The average Bonchev–Trinajstić information content (AvgIpc) is 3.03. The van der Waals surface area contributed by atoms with Gasteiger partial charge in [0.15, 0.2) is 0 Å². The highest BCUT2D eigenvalue weighted by molar-refractivity contribution is 6.02. The van der Waals surface area contributed by atoms with Crippen molar-refractivity contribution in [1.29, 1.82) is 5.26 Å². The maximum Gasteiger partial charge on any atom is 0.255 e. The molecular weight excluding hydrogens is 406 g/mol. The van der Waals surface area contributed by atoms with E-state index in [0.29, 0.717) is 28.8 Å². The van der Waals surface area contributed by atoms with Gasteiger partial charge in [0, 0.05) is 32.0 Å². The van der Waals surface area contributed by atoms with Crippen LogP contribution >= 0.6 is 0 Å². The zero-order valence-electron chi connectivity index (χ0n) is 17.9. The van der Waals surface area contributed by atoms with Crippen LogP contribution in [-0.2, 0) is 4.79 Å². The molecule has 0 aliphatic carbocycles. The number of nitriles is 1. The molecule has 1 atom stereocenters. The highest BCUT2D eigenvalue weighted by Crippen LogP contribution is 2.32. The van der Waals surface area contributed by atoms with E-state index in [9.17, 15) is 9.59 Å². The predicted octanol–water partition coefficient (Wildman–Crippen LogP) is 1.87. The van der Waals surface area contributed by atoms with Gasteiger partial charge in [-0.3, -0.25) is 14.5 Å². The number of rotatable bonds is 5. The van der Waals surface area contributed by atoms with Crippen molar-refractivity contribution >= 4 is 23.5 Å². The van der Waals surface area contributed by atoms with Crippen molar-refractivity contribution in [2.24, 2.45) is 11.7 Å². The van der Waals surface area contributed by atoms with E-state index in [1.807, 2.05) is 6.92 Å². The summed E-state index contributed by atoms with van der Waals surface area (Å²) in [6.45, 7) is 8.42. The fourth-order valence-electron chi connectivity index (χ4n) is 4.23. The summed E-state index contributed by atoms with van der Waals surface area (Å²) < 4.78 is 0. The Bertz CT molecular complexity index is 1070. The van der Waals surface area contributed by atoms with E-state index in [0.717, 1.165) is 38.2 Å². The van der Waals surface area contributed by atoms with Gasteiger partial charge < -0.3 is 15.5 Å². The van der Waals surface area contributed by atoms with Crippen molar-refractivity contribution in [3.63, 3.8) is 0 Å². The van der Waals surface area contributed by atoms with Gasteiger partial charge in [-0.1, -0.05) is 6.58 Å². The summed E-state index contributed by atoms with van der Waals surface area (Å²) in [7, 11) is 0. The van der Waals surface area contributed by atoms with E-state index in [1.165, 1.54) is 12.4 Å². The molecule has 2 amide bonds. The maximum atomic E-state index is 12.9. The summed E-state index contributed by atoms with van der Waals surface area (Å²) in [5, 5.41) is 9.00. The van der Waals surface area contributed by atoms with Gasteiger partial charge in [-0.25, -0.2) is 9.97 Å². The predicted molar refractivity (Wildman–Crippen MR) is 119 cm³/mol. The number of nitrogens with two attached hydrogens (primary N) is 1. The molecule has 164 valence electrons. The summed E-state index contributed by atoms with van der Waals surface area (Å²) in [4.78, 5) is 38.4. The Kier molecular flexibility index (Phi) is 5.77. The summed E-state index contributed by atoms with van der Waals surface area (Å²) in [6, 6.07) is 8.77. The van der Waals surface area contributed by atoms with Crippen LogP contribution in [0.3, 0.4) is 0 Å². The smallest absolute Gasteiger partial charge is 0.255 e. The van der Waals surface area contributed by atoms with Crippen LogP contribution in [-0.4, -0.2) is 52.4 Å². The molecule has 2 aliphatic heterocycles. The van der Waals surface area contributed by atoms with Gasteiger partial charge in [0.05, 0.1) is 22.9 Å². The number of piperidine rings is 1. The Balaban J connectivity index is 1.38. The van der Waals surface area contributed by atoms with Crippen molar-refractivity contribution in [3.05, 3.63) is 60.2 Å². The Morgan fingerprint density at radius 1 is 1.22 bits per heavy atom. The van der Waals surface area contributed by atoms with Gasteiger partial charge >= 0.3 is 0 Å². The highest BCUT2D eigenvalue weighted by atomic mass is 16.2. The normalized spacial score (nSPS) is 19.4. The Hall–Kier alpha value is -3.93. The van der Waals surface area contributed by atoms with E-state index in [4.69, 9.17) is 11.0 Å². The molecule has 0 bridgehead atoms. The number of nitrogens with zero attached hydrogens (tertiary/aromatic N) is 6. The summed E-state index contributed by atoms with van der Waals surface area (Å²) in [5.74, 6) is 1.11. The molecule has 2 saturated heterocycles. The minimum absolute atomic E-state index is 0.0138. The molecule has 1 aromatic heterocycles. The van der Waals surface area contributed by atoms with Crippen molar-refractivity contribution in [2.45, 2.75) is 25.8 Å². The maximum absolute atomic E-state index is 12.9. The lowest BCUT2D eigenvalue weighted by molar-refractivity contribution is -0.119. The molecule has 2 aliphatic rings. The monoisotopic (exact) mass is 431 g/mol. The standard InChI is InChI=1S/C23H25N7O2/c1-15-22(32)30(20-5-3-17(11-24)4-6-20)16(2)29(15)14-18-7-9-28(10-8-18)23-26-12-19(13-27-23)21(25)31/h3-6,12-13,15,18H,2,7-10,14H2,1H3,(H2,25,31). The van der Waals surface area contributed by atoms with Crippen molar-refractivity contribution in [1.82, 2.24) is 14.9 Å². The molecule has 3 heterocycles. The molecule has 2 fully saturated rings. The van der Waals surface area contributed by atoms with Gasteiger partial charge in [-0.15, -0.1) is 0 Å². The first-order valence-corrected chi connectivity index (χ1v) is 10.6. The molecule has 4 rings (SSSR count). The van der Waals surface area contributed by atoms with E-state index >= 15 is 0 Å².